The van der Waals surface area contributed by atoms with Gasteiger partial charge in [-0.15, -0.1) is 11.3 Å². The van der Waals surface area contributed by atoms with E-state index in [-0.39, 0.29) is 12.0 Å². The van der Waals surface area contributed by atoms with Crippen molar-refractivity contribution in [3.05, 3.63) is 65.2 Å². The smallest absolute Gasteiger partial charge is 0.274 e. The van der Waals surface area contributed by atoms with Gasteiger partial charge in [-0.3, -0.25) is 4.79 Å². The van der Waals surface area contributed by atoms with Crippen molar-refractivity contribution in [3.63, 3.8) is 0 Å². The summed E-state index contributed by atoms with van der Waals surface area (Å²) in [7, 11) is 0. The zero-order valence-corrected chi connectivity index (χ0v) is 16.1. The Kier molecular flexibility index (Phi) is 5.36. The average Bonchev–Trinajstić information content (AvgIpc) is 3.43. The molecule has 0 radical (unpaired) electrons. The molecule has 140 valence electrons. The van der Waals surface area contributed by atoms with E-state index < -0.39 is 0 Å². The average molecular weight is 382 g/mol. The highest BCUT2D eigenvalue weighted by molar-refractivity contribution is 7.15. The second-order valence-corrected chi connectivity index (χ2v) is 7.88. The largest absolute Gasteiger partial charge is 0.467 e. The normalized spacial score (nSPS) is 16.6. The fraction of sp³-hybridized carbons (Fsp3) is 0.333. The molecule has 0 bridgehead atoms. The highest BCUT2D eigenvalue weighted by Crippen LogP contribution is 2.31. The Morgan fingerprint density at radius 3 is 2.81 bits per heavy atom. The van der Waals surface area contributed by atoms with Crippen LogP contribution in [-0.2, 0) is 11.3 Å². The van der Waals surface area contributed by atoms with E-state index in [0.29, 0.717) is 18.8 Å². The van der Waals surface area contributed by atoms with E-state index in [1.807, 2.05) is 49.4 Å². The molecule has 1 atom stereocenters. The molecule has 5 nitrogen and oxygen atoms in total. The molecule has 3 heterocycles. The molecule has 27 heavy (non-hydrogen) atoms. The molecule has 4 rings (SSSR count). The minimum absolute atomic E-state index is 0.0730. The summed E-state index contributed by atoms with van der Waals surface area (Å²) >= 11 is 1.55. The summed E-state index contributed by atoms with van der Waals surface area (Å²) in [6.45, 7) is 3.66. The van der Waals surface area contributed by atoms with Crippen LogP contribution in [0, 0.1) is 6.92 Å². The summed E-state index contributed by atoms with van der Waals surface area (Å²) in [6.07, 6.45) is 3.72. The van der Waals surface area contributed by atoms with E-state index in [9.17, 15) is 4.79 Å². The van der Waals surface area contributed by atoms with Crippen molar-refractivity contribution in [3.8, 4) is 10.4 Å². The molecular weight excluding hydrogens is 360 g/mol. The number of benzene rings is 1. The molecule has 0 N–H and O–H groups in total. The van der Waals surface area contributed by atoms with Gasteiger partial charge < -0.3 is 14.1 Å². The Hall–Kier alpha value is -2.44. The lowest BCUT2D eigenvalue weighted by Gasteiger charge is -2.24. The van der Waals surface area contributed by atoms with Crippen LogP contribution < -0.4 is 0 Å². The number of nitrogens with zero attached hydrogens (tertiary/aromatic N) is 2. The van der Waals surface area contributed by atoms with Crippen molar-refractivity contribution in [2.24, 2.45) is 0 Å². The standard InChI is InChI=1S/C21H22N2O3S/c1-15-22-19(20(27-15)16-7-3-2-4-8-16)21(24)23(13-17-9-5-11-25-17)14-18-10-6-12-26-18/h2-5,7-9,11,18H,6,10,12-14H2,1H3. The van der Waals surface area contributed by atoms with Crippen LogP contribution in [0.15, 0.2) is 53.1 Å². The molecular formula is C21H22N2O3S. The Morgan fingerprint density at radius 1 is 1.26 bits per heavy atom. The summed E-state index contributed by atoms with van der Waals surface area (Å²) in [5.74, 6) is 0.680. The van der Waals surface area contributed by atoms with Crippen molar-refractivity contribution >= 4 is 17.2 Å². The van der Waals surface area contributed by atoms with Gasteiger partial charge in [0.15, 0.2) is 0 Å². The maximum atomic E-state index is 13.4. The maximum absolute atomic E-state index is 13.4. The number of hydrogen-bond acceptors (Lipinski definition) is 5. The molecule has 3 aromatic rings. The summed E-state index contributed by atoms with van der Waals surface area (Å²) in [5.41, 5.74) is 1.52. The quantitative estimate of drug-likeness (QED) is 0.628. The van der Waals surface area contributed by atoms with Gasteiger partial charge in [-0.05, 0) is 37.5 Å². The maximum Gasteiger partial charge on any atom is 0.274 e. The van der Waals surface area contributed by atoms with Gasteiger partial charge in [0, 0.05) is 13.2 Å². The molecule has 0 saturated carbocycles. The third-order valence-electron chi connectivity index (χ3n) is 4.63. The lowest BCUT2D eigenvalue weighted by molar-refractivity contribution is 0.0488. The molecule has 1 fully saturated rings. The van der Waals surface area contributed by atoms with Crippen LogP contribution in [-0.4, -0.2) is 35.0 Å². The number of amides is 1. The number of aryl methyl sites for hydroxylation is 1. The van der Waals surface area contributed by atoms with Gasteiger partial charge in [0.2, 0.25) is 0 Å². The van der Waals surface area contributed by atoms with Crippen LogP contribution in [0.4, 0.5) is 0 Å². The van der Waals surface area contributed by atoms with Crippen LogP contribution in [0.2, 0.25) is 0 Å². The lowest BCUT2D eigenvalue weighted by Crippen LogP contribution is -2.37. The molecule has 1 aliphatic rings. The van der Waals surface area contributed by atoms with Gasteiger partial charge in [0.05, 0.1) is 28.8 Å². The van der Waals surface area contributed by atoms with Crippen LogP contribution in [0.5, 0.6) is 0 Å². The SMILES string of the molecule is Cc1nc(C(=O)N(Cc2ccco2)CC2CCCO2)c(-c2ccccc2)s1. The monoisotopic (exact) mass is 382 g/mol. The summed E-state index contributed by atoms with van der Waals surface area (Å²) < 4.78 is 11.2. The number of carbonyl (C=O) groups excluding carboxylic acids is 1. The summed E-state index contributed by atoms with van der Waals surface area (Å²) in [5, 5.41) is 0.882. The van der Waals surface area contributed by atoms with Gasteiger partial charge in [-0.2, -0.15) is 0 Å². The van der Waals surface area contributed by atoms with Crippen molar-refractivity contribution in [2.75, 3.05) is 13.2 Å². The fourth-order valence-electron chi connectivity index (χ4n) is 3.35. The lowest BCUT2D eigenvalue weighted by atomic mass is 10.1. The topological polar surface area (TPSA) is 55.6 Å². The Bertz CT molecular complexity index is 884. The number of carbonyl (C=O) groups is 1. The Balaban J connectivity index is 1.64. The zero-order chi connectivity index (χ0) is 18.6. The van der Waals surface area contributed by atoms with Crippen LogP contribution >= 0.6 is 11.3 Å². The first-order chi connectivity index (χ1) is 13.2. The van der Waals surface area contributed by atoms with E-state index in [4.69, 9.17) is 9.15 Å². The summed E-state index contributed by atoms with van der Waals surface area (Å²) in [4.78, 5) is 20.7. The van der Waals surface area contributed by atoms with Crippen LogP contribution in [0.3, 0.4) is 0 Å². The van der Waals surface area contributed by atoms with Gasteiger partial charge in [0.1, 0.15) is 11.5 Å². The first-order valence-corrected chi connectivity index (χ1v) is 9.98. The molecule has 1 aromatic carbocycles. The number of aromatic nitrogens is 1. The summed E-state index contributed by atoms with van der Waals surface area (Å²) in [6, 6.07) is 13.7. The first kappa shape index (κ1) is 17.9. The zero-order valence-electron chi connectivity index (χ0n) is 15.3. The number of hydrogen-bond donors (Lipinski definition) is 0. The second kappa shape index (κ2) is 8.06. The number of rotatable bonds is 6. The number of ether oxygens (including phenoxy) is 1. The van der Waals surface area contributed by atoms with Crippen molar-refractivity contribution in [1.29, 1.82) is 0 Å². The minimum Gasteiger partial charge on any atom is -0.467 e. The van der Waals surface area contributed by atoms with Gasteiger partial charge in [-0.1, -0.05) is 30.3 Å². The molecule has 6 heteroatoms. The van der Waals surface area contributed by atoms with E-state index >= 15 is 0 Å². The first-order valence-electron chi connectivity index (χ1n) is 9.17. The Morgan fingerprint density at radius 2 is 2.11 bits per heavy atom. The van der Waals surface area contributed by atoms with E-state index in [0.717, 1.165) is 40.7 Å². The van der Waals surface area contributed by atoms with Crippen molar-refractivity contribution in [2.45, 2.75) is 32.4 Å². The van der Waals surface area contributed by atoms with Crippen LogP contribution in [0.25, 0.3) is 10.4 Å². The highest BCUT2D eigenvalue weighted by Gasteiger charge is 2.28. The van der Waals surface area contributed by atoms with Crippen LogP contribution in [0.1, 0.15) is 34.1 Å². The predicted molar refractivity (Wildman–Crippen MR) is 105 cm³/mol. The third kappa shape index (κ3) is 4.12. The van der Waals surface area contributed by atoms with Crippen molar-refractivity contribution in [1.82, 2.24) is 9.88 Å². The molecule has 1 unspecified atom stereocenters. The molecule has 1 aliphatic heterocycles. The molecule has 1 saturated heterocycles. The molecule has 0 spiro atoms. The fourth-order valence-corrected chi connectivity index (χ4v) is 4.27. The van der Waals surface area contributed by atoms with Crippen molar-refractivity contribution < 1.29 is 13.9 Å². The predicted octanol–water partition coefficient (Wildman–Crippen LogP) is 4.53. The number of thiazole rings is 1. The van der Waals surface area contributed by atoms with E-state index in [1.54, 1.807) is 22.5 Å². The van der Waals surface area contributed by atoms with Gasteiger partial charge >= 0.3 is 0 Å². The van der Waals surface area contributed by atoms with Gasteiger partial charge in [0.25, 0.3) is 5.91 Å². The number of furan rings is 1. The molecule has 2 aromatic heterocycles. The highest BCUT2D eigenvalue weighted by atomic mass is 32.1. The van der Waals surface area contributed by atoms with Gasteiger partial charge in [-0.25, -0.2) is 4.98 Å². The van der Waals surface area contributed by atoms with E-state index in [1.165, 1.54) is 0 Å². The van der Waals surface area contributed by atoms with E-state index in [2.05, 4.69) is 4.98 Å². The Labute approximate surface area is 162 Å². The second-order valence-electron chi connectivity index (χ2n) is 6.68. The molecule has 1 amide bonds. The third-order valence-corrected chi connectivity index (χ3v) is 5.65. The minimum atomic E-state index is -0.0786. The molecule has 0 aliphatic carbocycles.